The van der Waals surface area contributed by atoms with Crippen molar-refractivity contribution in [3.8, 4) is 0 Å². The van der Waals surface area contributed by atoms with E-state index in [0.717, 1.165) is 10.0 Å². The topological polar surface area (TPSA) is 86.7 Å². The Balaban J connectivity index is 2.01. The van der Waals surface area contributed by atoms with Gasteiger partial charge in [-0.25, -0.2) is 0 Å². The number of nitrogens with zero attached hydrogens (tertiary/aromatic N) is 1. The second kappa shape index (κ2) is 6.87. The number of aliphatic carboxylic acids is 1. The average molecular weight is 377 g/mol. The predicted molar refractivity (Wildman–Crippen MR) is 81.8 cm³/mol. The van der Waals surface area contributed by atoms with Gasteiger partial charge < -0.3 is 5.11 Å². The Kier molecular flexibility index (Phi) is 5.37. The number of rotatable bonds is 5. The SMILES string of the molecule is O=C(O)C1CCCN(S(=O)(=O)NCc2ccccc2Br)C1. The van der Waals surface area contributed by atoms with Gasteiger partial charge in [-0.15, -0.1) is 0 Å². The first-order chi connectivity index (χ1) is 9.90. The summed E-state index contributed by atoms with van der Waals surface area (Å²) in [7, 11) is -3.67. The number of piperidine rings is 1. The van der Waals surface area contributed by atoms with Crippen LogP contribution in [0.15, 0.2) is 28.7 Å². The third-order valence-electron chi connectivity index (χ3n) is 3.48. The maximum atomic E-state index is 12.2. The number of benzene rings is 1. The number of halogens is 1. The van der Waals surface area contributed by atoms with E-state index in [1.165, 1.54) is 4.31 Å². The summed E-state index contributed by atoms with van der Waals surface area (Å²) in [6.07, 6.45) is 1.08. The van der Waals surface area contributed by atoms with Gasteiger partial charge in [-0.1, -0.05) is 34.1 Å². The Bertz CT molecular complexity index is 620. The zero-order valence-corrected chi connectivity index (χ0v) is 13.7. The van der Waals surface area contributed by atoms with Crippen LogP contribution < -0.4 is 4.72 Å². The molecule has 1 aliphatic heterocycles. The Morgan fingerprint density at radius 1 is 1.43 bits per heavy atom. The normalized spacial score (nSPS) is 20.3. The van der Waals surface area contributed by atoms with E-state index in [1.54, 1.807) is 0 Å². The number of nitrogens with one attached hydrogen (secondary N) is 1. The molecule has 0 bridgehead atoms. The van der Waals surface area contributed by atoms with E-state index in [1.807, 2.05) is 24.3 Å². The van der Waals surface area contributed by atoms with Gasteiger partial charge in [-0.2, -0.15) is 17.4 Å². The van der Waals surface area contributed by atoms with Crippen molar-refractivity contribution in [1.82, 2.24) is 9.03 Å². The van der Waals surface area contributed by atoms with E-state index in [-0.39, 0.29) is 13.1 Å². The first-order valence-electron chi connectivity index (χ1n) is 6.61. The molecule has 1 aromatic rings. The van der Waals surface area contributed by atoms with E-state index in [9.17, 15) is 13.2 Å². The van der Waals surface area contributed by atoms with E-state index >= 15 is 0 Å². The Hall–Kier alpha value is -0.960. The predicted octanol–water partition coefficient (Wildman–Crippen LogP) is 1.58. The van der Waals surface area contributed by atoms with Crippen LogP contribution in [0.25, 0.3) is 0 Å². The average Bonchev–Trinajstić information content (AvgIpc) is 2.46. The van der Waals surface area contributed by atoms with Crippen LogP contribution in [0.4, 0.5) is 0 Å². The van der Waals surface area contributed by atoms with Crippen LogP contribution >= 0.6 is 15.9 Å². The molecule has 116 valence electrons. The highest BCUT2D eigenvalue weighted by atomic mass is 79.9. The van der Waals surface area contributed by atoms with Crippen LogP contribution in [-0.4, -0.2) is 36.9 Å². The smallest absolute Gasteiger partial charge is 0.307 e. The molecule has 1 aliphatic rings. The fourth-order valence-corrected chi connectivity index (χ4v) is 3.96. The van der Waals surface area contributed by atoms with Crippen molar-refractivity contribution in [3.05, 3.63) is 34.3 Å². The number of carboxylic acid groups (broad SMARTS) is 1. The lowest BCUT2D eigenvalue weighted by molar-refractivity contribution is -0.142. The first kappa shape index (κ1) is 16.4. The minimum absolute atomic E-state index is 0.0284. The molecular weight excluding hydrogens is 360 g/mol. The second-order valence-electron chi connectivity index (χ2n) is 4.95. The zero-order chi connectivity index (χ0) is 15.5. The highest BCUT2D eigenvalue weighted by Crippen LogP contribution is 2.20. The standard InChI is InChI=1S/C13H17BrN2O4S/c14-12-6-2-1-4-10(12)8-15-21(19,20)16-7-3-5-11(9-16)13(17)18/h1-2,4,6,11,15H,3,5,7-9H2,(H,17,18). The molecule has 0 aliphatic carbocycles. The number of carbonyl (C=O) groups is 1. The second-order valence-corrected chi connectivity index (χ2v) is 7.56. The molecule has 0 aromatic heterocycles. The molecule has 6 nitrogen and oxygen atoms in total. The minimum atomic E-state index is -3.67. The van der Waals surface area contributed by atoms with Crippen molar-refractivity contribution >= 4 is 32.1 Å². The van der Waals surface area contributed by atoms with Gasteiger partial charge in [0.05, 0.1) is 5.92 Å². The van der Waals surface area contributed by atoms with Crippen molar-refractivity contribution in [2.75, 3.05) is 13.1 Å². The van der Waals surface area contributed by atoms with Crippen LogP contribution in [0.5, 0.6) is 0 Å². The summed E-state index contributed by atoms with van der Waals surface area (Å²) in [4.78, 5) is 11.0. The molecule has 1 unspecified atom stereocenters. The summed E-state index contributed by atoms with van der Waals surface area (Å²) in [5.41, 5.74) is 0.827. The summed E-state index contributed by atoms with van der Waals surface area (Å²) < 4.78 is 29.1. The van der Waals surface area contributed by atoms with Crippen LogP contribution in [0.1, 0.15) is 18.4 Å². The largest absolute Gasteiger partial charge is 0.481 e. The number of hydrogen-bond acceptors (Lipinski definition) is 3. The summed E-state index contributed by atoms with van der Waals surface area (Å²) in [6, 6.07) is 7.34. The van der Waals surface area contributed by atoms with Gasteiger partial charge in [0.1, 0.15) is 0 Å². The molecule has 2 rings (SSSR count). The molecule has 8 heteroatoms. The minimum Gasteiger partial charge on any atom is -0.481 e. The molecular formula is C13H17BrN2O4S. The lowest BCUT2D eigenvalue weighted by atomic mass is 10.0. The van der Waals surface area contributed by atoms with Crippen molar-refractivity contribution in [1.29, 1.82) is 0 Å². The molecule has 1 heterocycles. The van der Waals surface area contributed by atoms with Gasteiger partial charge in [-0.3, -0.25) is 4.79 Å². The fourth-order valence-electron chi connectivity index (χ4n) is 2.26. The molecule has 2 N–H and O–H groups in total. The number of carboxylic acids is 1. The lowest BCUT2D eigenvalue weighted by Gasteiger charge is -2.29. The molecule has 1 saturated heterocycles. The van der Waals surface area contributed by atoms with Gasteiger partial charge >= 0.3 is 5.97 Å². The summed E-state index contributed by atoms with van der Waals surface area (Å²) in [5, 5.41) is 9.02. The molecule has 21 heavy (non-hydrogen) atoms. The zero-order valence-electron chi connectivity index (χ0n) is 11.3. The third-order valence-corrected chi connectivity index (χ3v) is 5.77. The molecule has 0 radical (unpaired) electrons. The summed E-state index contributed by atoms with van der Waals surface area (Å²) in [6.45, 7) is 0.549. The Labute approximate surface area is 132 Å². The molecule has 1 fully saturated rings. The molecule has 1 atom stereocenters. The highest BCUT2D eigenvalue weighted by Gasteiger charge is 2.32. The van der Waals surface area contributed by atoms with Crippen molar-refractivity contribution in [2.45, 2.75) is 19.4 Å². The third kappa shape index (κ3) is 4.26. The maximum absolute atomic E-state index is 12.2. The van der Waals surface area contributed by atoms with E-state index in [2.05, 4.69) is 20.7 Å². The monoisotopic (exact) mass is 376 g/mol. The van der Waals surface area contributed by atoms with E-state index < -0.39 is 22.1 Å². The van der Waals surface area contributed by atoms with Gasteiger partial charge in [0.25, 0.3) is 10.2 Å². The quantitative estimate of drug-likeness (QED) is 0.816. The Morgan fingerprint density at radius 2 is 2.14 bits per heavy atom. The number of hydrogen-bond donors (Lipinski definition) is 2. The first-order valence-corrected chi connectivity index (χ1v) is 8.84. The van der Waals surface area contributed by atoms with Crippen LogP contribution in [0.3, 0.4) is 0 Å². The molecule has 0 amide bonds. The summed E-state index contributed by atoms with van der Waals surface area (Å²) in [5.74, 6) is -1.57. The van der Waals surface area contributed by atoms with Gasteiger partial charge in [0, 0.05) is 24.1 Å². The lowest BCUT2D eigenvalue weighted by Crippen LogP contribution is -2.47. The van der Waals surface area contributed by atoms with Crippen LogP contribution in [0, 0.1) is 5.92 Å². The molecule has 0 spiro atoms. The van der Waals surface area contributed by atoms with Crippen LogP contribution in [-0.2, 0) is 21.5 Å². The molecule has 0 saturated carbocycles. The highest BCUT2D eigenvalue weighted by molar-refractivity contribution is 9.10. The van der Waals surface area contributed by atoms with Crippen molar-refractivity contribution in [3.63, 3.8) is 0 Å². The van der Waals surface area contributed by atoms with E-state index in [0.29, 0.717) is 19.4 Å². The van der Waals surface area contributed by atoms with Gasteiger partial charge in [0.2, 0.25) is 0 Å². The van der Waals surface area contributed by atoms with Crippen molar-refractivity contribution < 1.29 is 18.3 Å². The molecule has 1 aromatic carbocycles. The fraction of sp³-hybridized carbons (Fsp3) is 0.462. The van der Waals surface area contributed by atoms with E-state index in [4.69, 9.17) is 5.11 Å². The summed E-state index contributed by atoms with van der Waals surface area (Å²) >= 11 is 3.36. The maximum Gasteiger partial charge on any atom is 0.307 e. The van der Waals surface area contributed by atoms with Crippen molar-refractivity contribution in [2.24, 2.45) is 5.92 Å². The van der Waals surface area contributed by atoms with Gasteiger partial charge in [-0.05, 0) is 24.5 Å². The van der Waals surface area contributed by atoms with Crippen LogP contribution in [0.2, 0.25) is 0 Å². The Morgan fingerprint density at radius 3 is 2.81 bits per heavy atom. The van der Waals surface area contributed by atoms with Gasteiger partial charge in [0.15, 0.2) is 0 Å².